The molecule has 322 valence electrons. The van der Waals surface area contributed by atoms with Crippen molar-refractivity contribution in [1.82, 2.24) is 39.5 Å². The first kappa shape index (κ1) is 42.7. The molecule has 7 rings (SSSR count). The second-order valence-corrected chi connectivity index (χ2v) is 15.1. The number of amides is 6. The minimum atomic E-state index is -1.51. The lowest BCUT2D eigenvalue weighted by Crippen LogP contribution is -2.60. The summed E-state index contributed by atoms with van der Waals surface area (Å²) in [7, 11) is 1.63. The number of halogens is 1. The van der Waals surface area contributed by atoms with E-state index >= 15 is 0 Å². The van der Waals surface area contributed by atoms with Gasteiger partial charge in [0, 0.05) is 73.9 Å². The van der Waals surface area contributed by atoms with Crippen LogP contribution in [0.5, 0.6) is 0 Å². The monoisotopic (exact) mass is 869 g/mol. The summed E-state index contributed by atoms with van der Waals surface area (Å²) in [5.74, 6) is -4.43. The molecule has 22 heteroatoms. The van der Waals surface area contributed by atoms with Crippen molar-refractivity contribution in [2.45, 2.75) is 25.3 Å². The number of anilines is 3. The van der Waals surface area contributed by atoms with Crippen LogP contribution in [0.3, 0.4) is 0 Å². The van der Waals surface area contributed by atoms with Crippen molar-refractivity contribution in [2.75, 3.05) is 61.9 Å². The lowest BCUT2D eigenvalue weighted by molar-refractivity contribution is -0.149. The van der Waals surface area contributed by atoms with Crippen LogP contribution in [0, 0.1) is 5.92 Å². The number of tetrazole rings is 1. The second kappa shape index (κ2) is 18.1. The van der Waals surface area contributed by atoms with Gasteiger partial charge in [-0.2, -0.15) is 4.68 Å². The van der Waals surface area contributed by atoms with E-state index in [1.54, 1.807) is 48.3 Å². The number of nitrogens with zero attached hydrogens (tertiary/aromatic N) is 9. The maximum Gasteiger partial charge on any atom is 0.416 e. The zero-order valence-corrected chi connectivity index (χ0v) is 33.8. The minimum absolute atomic E-state index is 0.0494. The molecule has 1 atom stereocenters. The third-order valence-electron chi connectivity index (χ3n) is 10.8. The highest BCUT2D eigenvalue weighted by Gasteiger charge is 2.41. The molecule has 6 amide bonds. The maximum atomic E-state index is 14.3. The van der Waals surface area contributed by atoms with Crippen LogP contribution in [-0.4, -0.2) is 149 Å². The highest BCUT2D eigenvalue weighted by atomic mass is 35.5. The van der Waals surface area contributed by atoms with E-state index in [-0.39, 0.29) is 77.8 Å². The van der Waals surface area contributed by atoms with Crippen LogP contribution in [0.4, 0.5) is 26.7 Å². The zero-order valence-electron chi connectivity index (χ0n) is 33.0. The molecule has 21 nitrogen and oxygen atoms in total. The molecule has 62 heavy (non-hydrogen) atoms. The molecule has 2 fully saturated rings. The number of likely N-dealkylation sites (tertiary alicyclic amines) is 1. The molecule has 5 aromatic rings. The predicted molar refractivity (Wildman–Crippen MR) is 221 cm³/mol. The molecule has 0 bridgehead atoms. The van der Waals surface area contributed by atoms with Crippen molar-refractivity contribution in [3.63, 3.8) is 0 Å². The molecule has 2 saturated heterocycles. The van der Waals surface area contributed by atoms with E-state index in [0.717, 1.165) is 11.0 Å². The van der Waals surface area contributed by atoms with E-state index in [1.165, 1.54) is 45.1 Å². The number of piperidine rings is 1. The Morgan fingerprint density at radius 2 is 1.60 bits per heavy atom. The van der Waals surface area contributed by atoms with Crippen molar-refractivity contribution in [3.8, 4) is 5.69 Å². The summed E-state index contributed by atoms with van der Waals surface area (Å²) in [6, 6.07) is 14.9. The van der Waals surface area contributed by atoms with Crippen LogP contribution in [0.25, 0.3) is 16.6 Å². The van der Waals surface area contributed by atoms with Gasteiger partial charge in [-0.05, 0) is 83.4 Å². The molecular weight excluding hydrogens is 830 g/mol. The van der Waals surface area contributed by atoms with Crippen molar-refractivity contribution >= 4 is 81.3 Å². The summed E-state index contributed by atoms with van der Waals surface area (Å²) in [5.41, 5.74) is 1.37. The molecule has 0 saturated carbocycles. The van der Waals surface area contributed by atoms with E-state index in [0.29, 0.717) is 47.4 Å². The van der Waals surface area contributed by atoms with Gasteiger partial charge < -0.3 is 45.6 Å². The highest BCUT2D eigenvalue weighted by molar-refractivity contribution is 6.41. The smallest absolute Gasteiger partial charge is 0.416 e. The zero-order chi connectivity index (χ0) is 44.2. The van der Waals surface area contributed by atoms with E-state index in [2.05, 4.69) is 26.2 Å². The molecular formula is C40H40ClN11O10. The Hall–Kier alpha value is -7.39. The number of aromatic carboxylic acids is 1. The number of carboxylic acids is 1. The molecule has 4 heterocycles. The van der Waals surface area contributed by atoms with Crippen LogP contribution < -0.4 is 15.5 Å². The van der Waals surface area contributed by atoms with Gasteiger partial charge in [0.1, 0.15) is 18.1 Å². The first-order chi connectivity index (χ1) is 29.7. The first-order valence-electron chi connectivity index (χ1n) is 19.3. The fourth-order valence-electron chi connectivity index (χ4n) is 7.63. The Kier molecular flexibility index (Phi) is 12.5. The topological polar surface area (TPSA) is 266 Å². The van der Waals surface area contributed by atoms with Gasteiger partial charge in [0.2, 0.25) is 11.8 Å². The van der Waals surface area contributed by atoms with E-state index < -0.39 is 41.5 Å². The second-order valence-electron chi connectivity index (χ2n) is 14.7. The third-order valence-corrected chi connectivity index (χ3v) is 11.0. The number of likely N-dealkylation sites (N-methyl/N-ethyl adjacent to an activating group) is 1. The number of carbonyl (C=O) groups is 7. The highest BCUT2D eigenvalue weighted by Crippen LogP contribution is 2.31. The average molecular weight is 870 g/mol. The molecule has 0 radical (unpaired) electrons. The van der Waals surface area contributed by atoms with Gasteiger partial charge in [0.15, 0.2) is 0 Å². The summed E-state index contributed by atoms with van der Waals surface area (Å²) in [5, 5.41) is 45.7. The van der Waals surface area contributed by atoms with Crippen LogP contribution in [0.2, 0.25) is 5.02 Å². The largest absolute Gasteiger partial charge is 0.477 e. The Bertz CT molecular complexity index is 2560. The Balaban J connectivity index is 1.10. The van der Waals surface area contributed by atoms with Crippen LogP contribution in [0.1, 0.15) is 28.9 Å². The lowest BCUT2D eigenvalue weighted by atomic mass is 9.95. The number of hydrogen-bond donors (Lipinski definition) is 5. The summed E-state index contributed by atoms with van der Waals surface area (Å²) >= 11 is 6.31. The van der Waals surface area contributed by atoms with Crippen molar-refractivity contribution in [1.29, 1.82) is 0 Å². The van der Waals surface area contributed by atoms with Gasteiger partial charge in [-0.15, -0.1) is 5.10 Å². The molecule has 3 aromatic carbocycles. The molecule has 0 aliphatic carbocycles. The van der Waals surface area contributed by atoms with E-state index in [4.69, 9.17) is 16.7 Å². The van der Waals surface area contributed by atoms with Crippen molar-refractivity contribution in [3.05, 3.63) is 89.3 Å². The third kappa shape index (κ3) is 8.88. The Labute approximate surface area is 357 Å². The Morgan fingerprint density at radius 1 is 0.871 bits per heavy atom. The quantitative estimate of drug-likeness (QED) is 0.113. The standard InChI is InChI=1S/C40H40ClN11O10/c1-47(16-17-53)35(55)24-10-12-48(13-11-24)39(60)44-27-5-2-23(3-6-27)18-32(34(54)43-28-7-9-29-25(19-28)20-33(38(58)59)52(29)40(61)62)50-15-14-49(36(56)37(50)57)31-21-26(41)4-8-30(31)51-22-42-45-46-51/h2-9,19-22,24,32,53H,10-18H2,1H3,(H,43,54)(H,44,60)(H,58,59)(H,61,62). The number of aliphatic hydroxyl groups is 1. The van der Waals surface area contributed by atoms with E-state index in [9.17, 15) is 43.8 Å². The fraction of sp³-hybridized carbons (Fsp3) is 0.300. The van der Waals surface area contributed by atoms with E-state index in [1.807, 2.05) is 0 Å². The predicted octanol–water partition coefficient (Wildman–Crippen LogP) is 2.61. The van der Waals surface area contributed by atoms with Gasteiger partial charge in [0.05, 0.1) is 23.5 Å². The lowest BCUT2D eigenvalue weighted by Gasteiger charge is -2.38. The van der Waals surface area contributed by atoms with Crippen LogP contribution in [-0.2, 0) is 25.6 Å². The number of carbonyl (C=O) groups excluding carboxylic acids is 5. The molecule has 1 unspecified atom stereocenters. The van der Waals surface area contributed by atoms with Crippen LogP contribution >= 0.6 is 11.6 Å². The summed E-state index contributed by atoms with van der Waals surface area (Å²) in [6.45, 7) is 0.675. The number of benzene rings is 3. The number of nitrogens with one attached hydrogen (secondary N) is 2. The SMILES string of the molecule is CN(CCO)C(=O)C1CCN(C(=O)Nc2ccc(CC(C(=O)Nc3ccc4c(c3)cc(C(=O)O)n4C(=O)O)N3CCN(c4cc(Cl)ccc4-n4cnnn4)C(=O)C3=O)cc2)CC1. The fourth-order valence-corrected chi connectivity index (χ4v) is 7.80. The number of carboxylic acid groups (broad SMARTS) is 2. The minimum Gasteiger partial charge on any atom is -0.477 e. The summed E-state index contributed by atoms with van der Waals surface area (Å²) in [6.07, 6.45) is 0.676. The molecule has 5 N–H and O–H groups in total. The number of hydrogen-bond acceptors (Lipinski definition) is 11. The number of urea groups is 1. The number of fused-ring (bicyclic) bond motifs is 1. The molecule has 2 aliphatic heterocycles. The molecule has 0 spiro atoms. The number of aromatic nitrogens is 5. The first-order valence-corrected chi connectivity index (χ1v) is 19.7. The number of aliphatic hydroxyl groups excluding tert-OH is 1. The van der Waals surface area contributed by atoms with Gasteiger partial charge in [-0.3, -0.25) is 19.2 Å². The van der Waals surface area contributed by atoms with Crippen molar-refractivity contribution < 1.29 is 48.9 Å². The number of rotatable bonds is 12. The maximum absolute atomic E-state index is 14.3. The Morgan fingerprint density at radius 3 is 2.26 bits per heavy atom. The average Bonchev–Trinajstić information content (AvgIpc) is 3.93. The van der Waals surface area contributed by atoms with Gasteiger partial charge in [0.25, 0.3) is 0 Å². The number of piperazine rings is 1. The van der Waals surface area contributed by atoms with Gasteiger partial charge in [-0.25, -0.2) is 19.0 Å². The molecule has 2 aromatic heterocycles. The molecule has 2 aliphatic rings. The normalized spacial score (nSPS) is 15.1. The van der Waals surface area contributed by atoms with Crippen molar-refractivity contribution in [2.24, 2.45) is 5.92 Å². The van der Waals surface area contributed by atoms with Gasteiger partial charge >= 0.3 is 29.9 Å². The van der Waals surface area contributed by atoms with Crippen LogP contribution in [0.15, 0.2) is 73.1 Å². The van der Waals surface area contributed by atoms with Gasteiger partial charge in [-0.1, -0.05) is 23.7 Å². The summed E-state index contributed by atoms with van der Waals surface area (Å²) < 4.78 is 1.92. The summed E-state index contributed by atoms with van der Waals surface area (Å²) in [4.78, 5) is 97.2.